The molecule has 0 radical (unpaired) electrons. The number of phenols is 4. The lowest BCUT2D eigenvalue weighted by atomic mass is 9.89. The molecule has 2 saturated heterocycles. The number of halogens is 2. The number of rotatable bonds is 18. The molecular formula is C81H86Cl2N8O28. The quantitative estimate of drug-likeness (QED) is 0.0539. The summed E-state index contributed by atoms with van der Waals surface area (Å²) >= 11 is 14.2. The van der Waals surface area contributed by atoms with Crippen LogP contribution in [0.15, 0.2) is 115 Å². The van der Waals surface area contributed by atoms with Crippen LogP contribution in [0.2, 0.25) is 10.0 Å². The fraction of sp³-hybridized carbons (Fsp3) is 0.383. The number of carboxylic acid groups (broad SMARTS) is 2. The highest BCUT2D eigenvalue weighted by Crippen LogP contribution is 2.50. The number of phenolic OH excluding ortho intramolecular Hbond substituents is 4. The average molecular weight is 1690 g/mol. The molecule has 8 heterocycles. The molecule has 18 atom stereocenters. The fourth-order valence-corrected chi connectivity index (χ4v) is 15.4. The number of amides is 6. The molecule has 119 heavy (non-hydrogen) atoms. The average Bonchev–Trinajstić information content (AvgIpc) is 0.759. The molecule has 2 fully saturated rings. The van der Waals surface area contributed by atoms with Gasteiger partial charge in [-0.2, -0.15) is 0 Å². The highest BCUT2D eigenvalue weighted by molar-refractivity contribution is 6.33. The van der Waals surface area contributed by atoms with Crippen molar-refractivity contribution in [1.82, 2.24) is 42.5 Å². The van der Waals surface area contributed by atoms with E-state index in [-0.39, 0.29) is 41.3 Å². The number of fused-ring (bicyclic) bond motifs is 14. The zero-order valence-electron chi connectivity index (χ0n) is 63.3. The Kier molecular flexibility index (Phi) is 26.2. The van der Waals surface area contributed by atoms with E-state index >= 15 is 24.0 Å². The van der Waals surface area contributed by atoms with Crippen molar-refractivity contribution in [3.05, 3.63) is 164 Å². The molecule has 0 spiro atoms. The first-order chi connectivity index (χ1) is 56.9. The number of aliphatic hydroxyl groups is 7. The molecular weight excluding hydrogens is 1600 g/mol. The zero-order valence-corrected chi connectivity index (χ0v) is 64.8. The Hall–Kier alpha value is -11.4. The van der Waals surface area contributed by atoms with Crippen molar-refractivity contribution < 1.29 is 138 Å². The van der Waals surface area contributed by atoms with Crippen LogP contribution in [0.1, 0.15) is 134 Å². The van der Waals surface area contributed by atoms with Crippen LogP contribution in [0.25, 0.3) is 11.1 Å². The normalized spacial score (nSPS) is 26.9. The highest BCUT2D eigenvalue weighted by atomic mass is 35.5. The van der Waals surface area contributed by atoms with Gasteiger partial charge in [-0.1, -0.05) is 105 Å². The number of likely N-dealkylation sites (N-methyl/N-ethyl adjacent to an activating group) is 1. The number of carboxylic acids is 2. The first-order valence-electron chi connectivity index (χ1n) is 38.1. The predicted molar refractivity (Wildman–Crippen MR) is 414 cm³/mol. The summed E-state index contributed by atoms with van der Waals surface area (Å²) in [5.41, 5.74) is -3.05. The Morgan fingerprint density at radius 3 is 1.85 bits per heavy atom. The van der Waals surface area contributed by atoms with Crippen LogP contribution < -0.4 is 66.2 Å². The van der Waals surface area contributed by atoms with Crippen LogP contribution in [0.3, 0.4) is 0 Å². The predicted octanol–water partition coefficient (Wildman–Crippen LogP) is 4.02. The number of ether oxygens (including phenoxy) is 7. The molecule has 7 aromatic carbocycles. The molecule has 36 nitrogen and oxygen atoms in total. The summed E-state index contributed by atoms with van der Waals surface area (Å²) in [6.45, 7) is 1.26. The SMILES string of the molecule is CCCCCCCCCCN[C@H]1[C@H](Oc2c3cc4cc2Oc2ccc(cc2Cl)C(O)C2NC(=O)C(NC(=O)C4NC(=O)C4NC(=O)C(Cc5ccc(cc5)O3)NC(=O)C(NC)c3ccc(O)c(c3)Oc3cc(O)c(Cl)c4c3)c3ccc(O)c(c3)-c3c(OC4O[C@H](CO)[C@@H](O)[C@H](O)[C@@H]4O)cc(O)cc3C(C(=O)O)NC2=O)O[C@H](C(=O)O)[C@@H](O)[C@@H]1O. The van der Waals surface area contributed by atoms with Crippen LogP contribution >= 0.6 is 23.2 Å². The molecule has 38 heteroatoms. The van der Waals surface area contributed by atoms with E-state index in [9.17, 15) is 80.8 Å². The second kappa shape index (κ2) is 36.5. The third-order valence-corrected chi connectivity index (χ3v) is 22.0. The van der Waals surface area contributed by atoms with E-state index in [1.807, 2.05) is 0 Å². The molecule has 9 unspecified atom stereocenters. The number of aromatic hydroxyl groups is 4. The minimum absolute atomic E-state index is 0.0977. The number of carbonyl (C=O) groups excluding carboxylic acids is 6. The largest absolute Gasteiger partial charge is 0.508 e. The number of hydrogen-bond acceptors (Lipinski definition) is 28. The Bertz CT molecular complexity index is 5040. The van der Waals surface area contributed by atoms with Crippen LogP contribution in [0.4, 0.5) is 0 Å². The Balaban J connectivity index is 1.04. The van der Waals surface area contributed by atoms with Gasteiger partial charge in [0.2, 0.25) is 53.8 Å². The summed E-state index contributed by atoms with van der Waals surface area (Å²) in [6.07, 6.45) is -13.8. The summed E-state index contributed by atoms with van der Waals surface area (Å²) in [5.74, 6) is -18.1. The summed E-state index contributed by atoms with van der Waals surface area (Å²) in [5, 5.41) is 168. The van der Waals surface area contributed by atoms with Gasteiger partial charge in [0.25, 0.3) is 0 Å². The molecule has 8 aliphatic heterocycles. The highest BCUT2D eigenvalue weighted by Gasteiger charge is 2.51. The second-order valence-corrected chi connectivity index (χ2v) is 30.2. The molecule has 8 aliphatic rings. The third-order valence-electron chi connectivity index (χ3n) is 21.3. The lowest BCUT2D eigenvalue weighted by Gasteiger charge is -2.41. The van der Waals surface area contributed by atoms with E-state index in [0.717, 1.165) is 111 Å². The number of aliphatic carboxylic acids is 2. The van der Waals surface area contributed by atoms with Crippen molar-refractivity contribution in [3.8, 4) is 80.1 Å². The molecule has 0 aromatic heterocycles. The standard InChI is InChI=1S/C81H86Cl2N8O28/c1-3-4-5-6-7-8-9-10-21-85-63-66(99)68(101)71(79(111)112)119-80(63)118-70-52-26-37-27-53(70)115-49-20-15-36(24-44(49)82)64(97)62-77(108)90-61(78(109)110)42-28-38(93)29-51(116-81-69(102)67(100)65(98)54(32-92)117-81)55(42)41-23-34(13-18-46(41)94)58(74(105)91-62)87-75(106)59(37)88-76(107)60-43-30-40(31-48(96)56(43)83)114-50-25-35(14-19-47(50)95)57(84-2)73(104)86-45(72(103)89-60)22-33-11-16-39(113-52)17-12-33/h11-20,23-31,45,54,57-69,71,80-81,84-85,92-102H,3-10,21-22,32H2,1-2H3,(H,86,104)(H,87,106)(H,88,107)(H,89,103)(H,90,108)(H,91,105)(H,109,110)(H,111,112)/t45?,54-,57?,58?,59?,60?,61?,62?,63-,64?,65-,66-,67+,68+,69+,71+,80-,81?/m1/s1. The molecule has 632 valence electrons. The van der Waals surface area contributed by atoms with Crippen molar-refractivity contribution in [3.63, 3.8) is 0 Å². The molecule has 7 aromatic rings. The first kappa shape index (κ1) is 85.5. The Morgan fingerprint density at radius 2 is 1.16 bits per heavy atom. The molecule has 21 N–H and O–H groups in total. The van der Waals surface area contributed by atoms with Crippen LogP contribution in [0.5, 0.6) is 69.0 Å². The third kappa shape index (κ3) is 18.3. The van der Waals surface area contributed by atoms with Gasteiger partial charge in [-0.05, 0) is 121 Å². The topological polar surface area (TPSA) is 560 Å². The van der Waals surface area contributed by atoms with Crippen molar-refractivity contribution in [1.29, 1.82) is 0 Å². The van der Waals surface area contributed by atoms with Crippen molar-refractivity contribution in [2.24, 2.45) is 0 Å². The zero-order chi connectivity index (χ0) is 85.1. The summed E-state index contributed by atoms with van der Waals surface area (Å²) in [4.78, 5) is 121. The summed E-state index contributed by atoms with van der Waals surface area (Å²) in [6, 6.07) is 5.52. The van der Waals surface area contributed by atoms with Crippen LogP contribution in [-0.4, -0.2) is 207 Å². The van der Waals surface area contributed by atoms with E-state index < -0.39 is 259 Å². The van der Waals surface area contributed by atoms with Crippen molar-refractivity contribution >= 4 is 70.6 Å². The molecule has 0 saturated carbocycles. The van der Waals surface area contributed by atoms with Gasteiger partial charge in [0.1, 0.15) is 119 Å². The van der Waals surface area contributed by atoms with E-state index in [4.69, 9.17) is 56.4 Å². The number of benzene rings is 7. The maximum Gasteiger partial charge on any atom is 0.335 e. The van der Waals surface area contributed by atoms with Gasteiger partial charge in [0.05, 0.1) is 22.7 Å². The lowest BCUT2D eigenvalue weighted by molar-refractivity contribution is -0.277. The molecule has 0 aliphatic carbocycles. The second-order valence-electron chi connectivity index (χ2n) is 29.4. The van der Waals surface area contributed by atoms with Gasteiger partial charge >= 0.3 is 11.9 Å². The Morgan fingerprint density at radius 1 is 0.521 bits per heavy atom. The first-order valence-corrected chi connectivity index (χ1v) is 38.9. The number of unbranched alkanes of at least 4 members (excludes halogenated alkanes) is 7. The van der Waals surface area contributed by atoms with Gasteiger partial charge in [0.15, 0.2) is 35.1 Å². The van der Waals surface area contributed by atoms with Crippen molar-refractivity contribution in [2.45, 2.75) is 174 Å². The molecule has 15 rings (SSSR count). The van der Waals surface area contributed by atoms with Gasteiger partial charge in [-0.15, -0.1) is 0 Å². The molecule has 17 bridgehead atoms. The van der Waals surface area contributed by atoms with Gasteiger partial charge in [0, 0.05) is 40.8 Å². The van der Waals surface area contributed by atoms with E-state index in [1.54, 1.807) is 0 Å². The number of hydrogen-bond donors (Lipinski definition) is 21. The van der Waals surface area contributed by atoms with Crippen LogP contribution in [-0.2, 0) is 54.3 Å². The maximum absolute atomic E-state index is 16.6. The minimum atomic E-state index is -2.42. The Labute approximate surface area is 686 Å². The smallest absolute Gasteiger partial charge is 0.335 e. The van der Waals surface area contributed by atoms with Gasteiger partial charge < -0.3 is 142 Å². The summed E-state index contributed by atoms with van der Waals surface area (Å²) < 4.78 is 44.2. The number of aliphatic hydroxyl groups excluding tert-OH is 7. The fourth-order valence-electron chi connectivity index (χ4n) is 15.0. The van der Waals surface area contributed by atoms with E-state index in [0.29, 0.717) is 18.4 Å². The van der Waals surface area contributed by atoms with E-state index in [2.05, 4.69) is 49.5 Å². The summed E-state index contributed by atoms with van der Waals surface area (Å²) in [7, 11) is 1.43. The number of carbonyl (C=O) groups is 8. The number of nitrogens with one attached hydrogen (secondary N) is 8. The van der Waals surface area contributed by atoms with E-state index in [1.165, 1.54) is 49.5 Å². The minimum Gasteiger partial charge on any atom is -0.508 e. The van der Waals surface area contributed by atoms with Crippen molar-refractivity contribution in [2.75, 3.05) is 20.2 Å². The lowest BCUT2D eigenvalue weighted by Crippen LogP contribution is -2.65. The van der Waals surface area contributed by atoms with Gasteiger partial charge in [-0.3, -0.25) is 28.8 Å². The van der Waals surface area contributed by atoms with Gasteiger partial charge in [-0.25, -0.2) is 9.59 Å². The van der Waals surface area contributed by atoms with Crippen LogP contribution in [0, 0.1) is 0 Å². The maximum atomic E-state index is 16.6. The monoisotopic (exact) mass is 1690 g/mol. The molecule has 6 amide bonds.